The second-order valence-corrected chi connectivity index (χ2v) is 6.82. The van der Waals surface area contributed by atoms with Gasteiger partial charge in [0.2, 0.25) is 0 Å². The van der Waals surface area contributed by atoms with E-state index < -0.39 is 0 Å². The Bertz CT molecular complexity index is 463. The number of likely N-dealkylation sites (tertiary alicyclic amines) is 2. The SMILES string of the molecule is CCOC[C@@H]1CCN(C)C2(C1)CN(Cc1ccc(C)o1)C2. The number of nitrogens with zero attached hydrogens (tertiary/aromatic N) is 2. The van der Waals surface area contributed by atoms with Gasteiger partial charge in [0.25, 0.3) is 0 Å². The largest absolute Gasteiger partial charge is 0.465 e. The maximum Gasteiger partial charge on any atom is 0.118 e. The summed E-state index contributed by atoms with van der Waals surface area (Å²) in [6.45, 7) is 10.3. The van der Waals surface area contributed by atoms with Gasteiger partial charge in [0.1, 0.15) is 11.5 Å². The van der Waals surface area contributed by atoms with Crippen LogP contribution in [0.4, 0.5) is 0 Å². The summed E-state index contributed by atoms with van der Waals surface area (Å²) in [5.41, 5.74) is 0.377. The van der Waals surface area contributed by atoms with Gasteiger partial charge in [-0.25, -0.2) is 0 Å². The molecule has 0 radical (unpaired) electrons. The van der Waals surface area contributed by atoms with Crippen molar-refractivity contribution in [3.05, 3.63) is 23.7 Å². The fourth-order valence-electron chi connectivity index (χ4n) is 3.89. The van der Waals surface area contributed by atoms with Crippen molar-refractivity contribution in [2.24, 2.45) is 5.92 Å². The van der Waals surface area contributed by atoms with Gasteiger partial charge in [-0.2, -0.15) is 0 Å². The molecule has 118 valence electrons. The van der Waals surface area contributed by atoms with Crippen molar-refractivity contribution in [1.29, 1.82) is 0 Å². The van der Waals surface area contributed by atoms with Crippen LogP contribution in [-0.2, 0) is 11.3 Å². The van der Waals surface area contributed by atoms with E-state index in [0.717, 1.165) is 50.3 Å². The molecule has 2 aliphatic rings. The van der Waals surface area contributed by atoms with E-state index in [1.807, 2.05) is 6.92 Å². The minimum atomic E-state index is 0.377. The lowest BCUT2D eigenvalue weighted by molar-refractivity contribution is -0.0939. The molecule has 3 heterocycles. The number of hydrogen-bond acceptors (Lipinski definition) is 4. The third-order valence-electron chi connectivity index (χ3n) is 5.12. The first kappa shape index (κ1) is 15.1. The zero-order valence-electron chi connectivity index (χ0n) is 13.6. The van der Waals surface area contributed by atoms with Crippen molar-refractivity contribution in [2.75, 3.05) is 39.9 Å². The summed E-state index contributed by atoms with van der Waals surface area (Å²) in [4.78, 5) is 5.07. The molecule has 0 unspecified atom stereocenters. The van der Waals surface area contributed by atoms with Gasteiger partial charge >= 0.3 is 0 Å². The summed E-state index contributed by atoms with van der Waals surface area (Å²) < 4.78 is 11.3. The molecular formula is C17H28N2O2. The van der Waals surface area contributed by atoms with Crippen molar-refractivity contribution in [2.45, 2.75) is 38.8 Å². The van der Waals surface area contributed by atoms with Crippen LogP contribution in [-0.4, -0.2) is 55.2 Å². The maximum absolute atomic E-state index is 5.69. The minimum absolute atomic E-state index is 0.377. The summed E-state index contributed by atoms with van der Waals surface area (Å²) in [6.07, 6.45) is 2.55. The van der Waals surface area contributed by atoms with Crippen LogP contribution in [0.25, 0.3) is 0 Å². The zero-order valence-corrected chi connectivity index (χ0v) is 13.6. The first-order valence-electron chi connectivity index (χ1n) is 8.18. The molecule has 1 aromatic heterocycles. The van der Waals surface area contributed by atoms with Gasteiger partial charge in [0.05, 0.1) is 6.54 Å². The molecule has 2 fully saturated rings. The molecule has 3 rings (SSSR count). The van der Waals surface area contributed by atoms with Crippen LogP contribution in [0.2, 0.25) is 0 Å². The average molecular weight is 292 g/mol. The molecule has 1 atom stereocenters. The van der Waals surface area contributed by atoms with Gasteiger partial charge in [-0.1, -0.05) is 0 Å². The van der Waals surface area contributed by atoms with Gasteiger partial charge in [0, 0.05) is 31.8 Å². The predicted molar refractivity (Wildman–Crippen MR) is 83.3 cm³/mol. The highest BCUT2D eigenvalue weighted by atomic mass is 16.5. The van der Waals surface area contributed by atoms with Crippen molar-refractivity contribution < 1.29 is 9.15 Å². The van der Waals surface area contributed by atoms with E-state index in [4.69, 9.17) is 9.15 Å². The molecule has 21 heavy (non-hydrogen) atoms. The third-order valence-corrected chi connectivity index (χ3v) is 5.12. The molecule has 4 heteroatoms. The van der Waals surface area contributed by atoms with Gasteiger partial charge in [-0.3, -0.25) is 9.80 Å². The van der Waals surface area contributed by atoms with Crippen LogP contribution in [0.1, 0.15) is 31.3 Å². The topological polar surface area (TPSA) is 28.9 Å². The number of rotatable bonds is 5. The highest BCUT2D eigenvalue weighted by molar-refractivity contribution is 5.10. The first-order valence-corrected chi connectivity index (χ1v) is 8.18. The Morgan fingerprint density at radius 2 is 2.19 bits per heavy atom. The molecule has 0 saturated carbocycles. The molecule has 0 aliphatic carbocycles. The highest BCUT2D eigenvalue weighted by Crippen LogP contribution is 2.38. The lowest BCUT2D eigenvalue weighted by atomic mass is 9.75. The van der Waals surface area contributed by atoms with Crippen LogP contribution < -0.4 is 0 Å². The Morgan fingerprint density at radius 3 is 2.86 bits per heavy atom. The normalized spacial score (nSPS) is 26.1. The van der Waals surface area contributed by atoms with Crippen molar-refractivity contribution >= 4 is 0 Å². The second-order valence-electron chi connectivity index (χ2n) is 6.82. The van der Waals surface area contributed by atoms with Gasteiger partial charge < -0.3 is 9.15 Å². The number of likely N-dealkylation sites (N-methyl/N-ethyl adjacent to an activating group) is 1. The fraction of sp³-hybridized carbons (Fsp3) is 0.765. The summed E-state index contributed by atoms with van der Waals surface area (Å²) in [6, 6.07) is 4.15. The molecular weight excluding hydrogens is 264 g/mol. The summed E-state index contributed by atoms with van der Waals surface area (Å²) in [5.74, 6) is 2.83. The van der Waals surface area contributed by atoms with Crippen LogP contribution in [0.15, 0.2) is 16.5 Å². The molecule has 2 aliphatic heterocycles. The molecule has 2 saturated heterocycles. The van der Waals surface area contributed by atoms with E-state index in [9.17, 15) is 0 Å². The summed E-state index contributed by atoms with van der Waals surface area (Å²) >= 11 is 0. The summed E-state index contributed by atoms with van der Waals surface area (Å²) in [5, 5.41) is 0. The van der Waals surface area contributed by atoms with Crippen molar-refractivity contribution in [3.63, 3.8) is 0 Å². The predicted octanol–water partition coefficient (Wildman–Crippen LogP) is 2.52. The third kappa shape index (κ3) is 3.17. The quantitative estimate of drug-likeness (QED) is 0.834. The lowest BCUT2D eigenvalue weighted by Crippen LogP contribution is -2.71. The minimum Gasteiger partial charge on any atom is -0.465 e. The van der Waals surface area contributed by atoms with E-state index in [1.54, 1.807) is 0 Å². The molecule has 0 N–H and O–H groups in total. The fourth-order valence-corrected chi connectivity index (χ4v) is 3.89. The maximum atomic E-state index is 5.69. The lowest BCUT2D eigenvalue weighted by Gasteiger charge is -2.58. The van der Waals surface area contributed by atoms with Crippen LogP contribution in [0, 0.1) is 12.8 Å². The Morgan fingerprint density at radius 1 is 1.38 bits per heavy atom. The van der Waals surface area contributed by atoms with E-state index in [2.05, 4.69) is 35.9 Å². The van der Waals surface area contributed by atoms with Crippen LogP contribution in [0.5, 0.6) is 0 Å². The highest BCUT2D eigenvalue weighted by Gasteiger charge is 2.49. The number of furan rings is 1. The number of aryl methyl sites for hydroxylation is 1. The molecule has 0 amide bonds. The average Bonchev–Trinajstić information content (AvgIpc) is 2.83. The Kier molecular flexibility index (Phi) is 4.38. The van der Waals surface area contributed by atoms with Crippen molar-refractivity contribution in [3.8, 4) is 0 Å². The van der Waals surface area contributed by atoms with E-state index >= 15 is 0 Å². The standard InChI is InChI=1S/C17H28N2O2/c1-4-20-11-15-7-8-18(3)17(9-15)12-19(13-17)10-16-6-5-14(2)21-16/h5-6,15H,4,7-13H2,1-3H3/t15-/m1/s1. The van der Waals surface area contributed by atoms with Gasteiger partial charge in [-0.15, -0.1) is 0 Å². The number of hydrogen-bond donors (Lipinski definition) is 0. The number of ether oxygens (including phenoxy) is 1. The molecule has 0 aromatic carbocycles. The van der Waals surface area contributed by atoms with Crippen molar-refractivity contribution in [1.82, 2.24) is 9.80 Å². The Hall–Kier alpha value is -0.840. The Balaban J connectivity index is 1.53. The van der Waals surface area contributed by atoms with Gasteiger partial charge in [-0.05, 0) is 58.3 Å². The van der Waals surface area contributed by atoms with E-state index in [1.165, 1.54) is 19.4 Å². The Labute approximate surface area is 128 Å². The smallest absolute Gasteiger partial charge is 0.118 e. The second kappa shape index (κ2) is 6.11. The molecule has 1 aromatic rings. The van der Waals surface area contributed by atoms with Crippen LogP contribution in [0.3, 0.4) is 0 Å². The molecule has 0 bridgehead atoms. The van der Waals surface area contributed by atoms with E-state index in [-0.39, 0.29) is 0 Å². The van der Waals surface area contributed by atoms with Gasteiger partial charge in [0.15, 0.2) is 0 Å². The molecule has 4 nitrogen and oxygen atoms in total. The monoisotopic (exact) mass is 292 g/mol. The summed E-state index contributed by atoms with van der Waals surface area (Å²) in [7, 11) is 2.28. The number of piperidine rings is 1. The van der Waals surface area contributed by atoms with E-state index in [0.29, 0.717) is 5.54 Å². The molecule has 1 spiro atoms. The zero-order chi connectivity index (χ0) is 14.9. The first-order chi connectivity index (χ1) is 10.1. The van der Waals surface area contributed by atoms with Crippen LogP contribution >= 0.6 is 0 Å².